The third-order valence-electron chi connectivity index (χ3n) is 6.74. The van der Waals surface area contributed by atoms with Gasteiger partial charge in [-0.05, 0) is 66.9 Å². The molecular formula is C32H30BrClN2O6. The predicted octanol–water partition coefficient (Wildman–Crippen LogP) is 7.88. The van der Waals surface area contributed by atoms with Gasteiger partial charge in [-0.3, -0.25) is 4.79 Å². The summed E-state index contributed by atoms with van der Waals surface area (Å²) in [5.74, 6) is -0.588. The van der Waals surface area contributed by atoms with Crippen molar-refractivity contribution in [3.05, 3.63) is 93.6 Å². The summed E-state index contributed by atoms with van der Waals surface area (Å²) in [6, 6.07) is 17.0. The Bertz CT molecular complexity index is 1660. The van der Waals surface area contributed by atoms with Crippen molar-refractivity contribution in [2.24, 2.45) is 5.41 Å². The number of carbonyl (C=O) groups excluding carboxylic acids is 2. The minimum Gasteiger partial charge on any atom is -0.462 e. The second kappa shape index (κ2) is 12.2. The fourth-order valence-electron chi connectivity index (χ4n) is 4.69. The van der Waals surface area contributed by atoms with Gasteiger partial charge in [-0.2, -0.15) is 0 Å². The van der Waals surface area contributed by atoms with Crippen LogP contribution in [-0.4, -0.2) is 34.9 Å². The smallest absolute Gasteiger partial charge is 0.360 e. The molecule has 0 radical (unpaired) electrons. The average molecular weight is 654 g/mol. The number of halogens is 2. The Balaban J connectivity index is 1.85. The van der Waals surface area contributed by atoms with Crippen LogP contribution in [0.1, 0.15) is 49.8 Å². The van der Waals surface area contributed by atoms with Crippen LogP contribution in [0.25, 0.3) is 22.2 Å². The second-order valence-corrected chi connectivity index (χ2v) is 12.0. The molecule has 8 nitrogen and oxygen atoms in total. The van der Waals surface area contributed by atoms with Gasteiger partial charge in [0, 0.05) is 11.4 Å². The SMILES string of the molecule is CCOC(=O)c1ncc2c(c(Br)c(-c3ccc(Cl)cc3)n2C(Cc2ccccc2)C2=COCO2)c1OC(=O)C(C)(C)C. The molecule has 0 aliphatic carbocycles. The van der Waals surface area contributed by atoms with Crippen LogP contribution in [0.2, 0.25) is 5.02 Å². The molecule has 4 aromatic rings. The number of allylic oxidation sites excluding steroid dienone is 1. The number of fused-ring (bicyclic) bond motifs is 1. The maximum atomic E-state index is 13.2. The molecule has 1 aliphatic rings. The van der Waals surface area contributed by atoms with E-state index in [-0.39, 0.29) is 24.8 Å². The maximum Gasteiger partial charge on any atom is 0.360 e. The minimum atomic E-state index is -0.849. The van der Waals surface area contributed by atoms with Crippen LogP contribution in [0.15, 0.2) is 77.3 Å². The van der Waals surface area contributed by atoms with E-state index in [0.717, 1.165) is 16.8 Å². The Labute approximate surface area is 257 Å². The van der Waals surface area contributed by atoms with E-state index >= 15 is 0 Å². The molecule has 1 unspecified atom stereocenters. The third kappa shape index (κ3) is 5.89. The van der Waals surface area contributed by atoms with Crippen LogP contribution in [0.3, 0.4) is 0 Å². The summed E-state index contributed by atoms with van der Waals surface area (Å²) >= 11 is 10.1. The molecule has 5 rings (SSSR count). The number of ether oxygens (including phenoxy) is 4. The largest absolute Gasteiger partial charge is 0.462 e. The lowest BCUT2D eigenvalue weighted by atomic mass is 9.97. The zero-order valence-corrected chi connectivity index (χ0v) is 26.0. The molecule has 0 saturated carbocycles. The minimum absolute atomic E-state index is 0.0164. The molecular weight excluding hydrogens is 624 g/mol. The van der Waals surface area contributed by atoms with Gasteiger partial charge in [-0.15, -0.1) is 0 Å². The van der Waals surface area contributed by atoms with E-state index in [0.29, 0.717) is 32.6 Å². The highest BCUT2D eigenvalue weighted by atomic mass is 79.9. The first-order valence-corrected chi connectivity index (χ1v) is 14.6. The summed E-state index contributed by atoms with van der Waals surface area (Å²) in [4.78, 5) is 30.8. The standard InChI is InChI=1S/C32H30BrClN2O6/c1-5-40-30(37)27-29(42-31(38)32(2,3)4)25-23(16-35-27)36(28(26(25)33)20-11-13-21(34)14-12-20)22(24-17-39-18-41-24)15-19-9-7-6-8-10-19/h6-14,16-17,22H,5,15,18H2,1-4H3. The van der Waals surface area contributed by atoms with E-state index in [1.54, 1.807) is 52.3 Å². The van der Waals surface area contributed by atoms with Crippen molar-refractivity contribution in [1.82, 2.24) is 9.55 Å². The van der Waals surface area contributed by atoms with Gasteiger partial charge in [0.05, 0.1) is 45.3 Å². The molecule has 2 aromatic carbocycles. The maximum absolute atomic E-state index is 13.2. The highest BCUT2D eigenvalue weighted by molar-refractivity contribution is 9.10. The number of benzene rings is 2. The molecule has 42 heavy (non-hydrogen) atoms. The van der Waals surface area contributed by atoms with E-state index in [9.17, 15) is 9.59 Å². The van der Waals surface area contributed by atoms with Crippen molar-refractivity contribution in [3.8, 4) is 17.0 Å². The molecule has 0 spiro atoms. The fraction of sp³-hybridized carbons (Fsp3) is 0.281. The van der Waals surface area contributed by atoms with Gasteiger partial charge in [-0.1, -0.05) is 54.1 Å². The number of hydrogen-bond acceptors (Lipinski definition) is 7. The van der Waals surface area contributed by atoms with Gasteiger partial charge in [0.25, 0.3) is 0 Å². The molecule has 0 N–H and O–H groups in total. The molecule has 1 aliphatic heterocycles. The highest BCUT2D eigenvalue weighted by Crippen LogP contribution is 2.47. The summed E-state index contributed by atoms with van der Waals surface area (Å²) < 4.78 is 25.4. The third-order valence-corrected chi connectivity index (χ3v) is 7.76. The quantitative estimate of drug-likeness (QED) is 0.179. The molecule has 0 bridgehead atoms. The first-order chi connectivity index (χ1) is 20.1. The Morgan fingerprint density at radius 1 is 1.12 bits per heavy atom. The molecule has 0 saturated heterocycles. The number of nitrogens with zero attached hydrogens (tertiary/aromatic N) is 2. The van der Waals surface area contributed by atoms with Crippen LogP contribution < -0.4 is 4.74 Å². The fourth-order valence-corrected chi connectivity index (χ4v) is 5.62. The normalized spacial score (nSPS) is 13.7. The predicted molar refractivity (Wildman–Crippen MR) is 163 cm³/mol. The topological polar surface area (TPSA) is 88.9 Å². The van der Waals surface area contributed by atoms with E-state index in [2.05, 4.69) is 25.5 Å². The summed E-state index contributed by atoms with van der Waals surface area (Å²) in [7, 11) is 0. The van der Waals surface area contributed by atoms with Crippen LogP contribution in [0.5, 0.6) is 5.75 Å². The molecule has 1 atom stereocenters. The average Bonchev–Trinajstić information content (AvgIpc) is 3.59. The molecule has 3 heterocycles. The van der Waals surface area contributed by atoms with Gasteiger partial charge >= 0.3 is 11.9 Å². The van der Waals surface area contributed by atoms with Gasteiger partial charge in [0.15, 0.2) is 17.2 Å². The van der Waals surface area contributed by atoms with Crippen molar-refractivity contribution in [2.75, 3.05) is 13.4 Å². The van der Waals surface area contributed by atoms with Crippen molar-refractivity contribution in [1.29, 1.82) is 0 Å². The Morgan fingerprint density at radius 2 is 1.83 bits per heavy atom. The van der Waals surface area contributed by atoms with E-state index < -0.39 is 23.4 Å². The van der Waals surface area contributed by atoms with Crippen LogP contribution in [0.4, 0.5) is 0 Å². The van der Waals surface area contributed by atoms with Crippen molar-refractivity contribution in [3.63, 3.8) is 0 Å². The number of rotatable bonds is 8. The molecule has 2 aromatic heterocycles. The Hall–Kier alpha value is -3.82. The lowest BCUT2D eigenvalue weighted by molar-refractivity contribution is -0.142. The van der Waals surface area contributed by atoms with Crippen molar-refractivity contribution in [2.45, 2.75) is 40.2 Å². The van der Waals surface area contributed by atoms with E-state index in [4.69, 9.17) is 30.5 Å². The van der Waals surface area contributed by atoms with Gasteiger partial charge in [0.2, 0.25) is 6.79 Å². The summed E-state index contributed by atoms with van der Waals surface area (Å²) in [5.41, 5.74) is 2.29. The van der Waals surface area contributed by atoms with Gasteiger partial charge < -0.3 is 23.5 Å². The van der Waals surface area contributed by atoms with E-state index in [1.807, 2.05) is 42.5 Å². The summed E-state index contributed by atoms with van der Waals surface area (Å²) in [5, 5.41) is 1.08. The lowest BCUT2D eigenvalue weighted by Crippen LogP contribution is -2.27. The lowest BCUT2D eigenvalue weighted by Gasteiger charge is -2.23. The molecule has 0 fully saturated rings. The Kier molecular flexibility index (Phi) is 8.61. The van der Waals surface area contributed by atoms with Gasteiger partial charge in [-0.25, -0.2) is 9.78 Å². The molecule has 0 amide bonds. The molecule has 10 heteroatoms. The first kappa shape index (κ1) is 29.7. The number of pyridine rings is 1. The van der Waals surface area contributed by atoms with Gasteiger partial charge in [0.1, 0.15) is 6.26 Å². The van der Waals surface area contributed by atoms with Crippen LogP contribution >= 0.6 is 27.5 Å². The number of hydrogen-bond donors (Lipinski definition) is 0. The zero-order valence-electron chi connectivity index (χ0n) is 23.6. The number of aromatic nitrogens is 2. The zero-order chi connectivity index (χ0) is 30.0. The van der Waals surface area contributed by atoms with Crippen LogP contribution in [-0.2, 0) is 25.4 Å². The summed E-state index contributed by atoms with van der Waals surface area (Å²) in [6.07, 6.45) is 3.75. The van der Waals surface area contributed by atoms with Crippen molar-refractivity contribution >= 4 is 50.4 Å². The second-order valence-electron chi connectivity index (χ2n) is 10.8. The van der Waals surface area contributed by atoms with Crippen molar-refractivity contribution < 1.29 is 28.5 Å². The highest BCUT2D eigenvalue weighted by Gasteiger charge is 2.34. The monoisotopic (exact) mass is 652 g/mol. The molecule has 218 valence electrons. The number of carbonyl (C=O) groups is 2. The Morgan fingerprint density at radius 3 is 2.45 bits per heavy atom. The first-order valence-electron chi connectivity index (χ1n) is 13.5. The summed E-state index contributed by atoms with van der Waals surface area (Å²) in [6.45, 7) is 7.16. The number of esters is 2. The van der Waals surface area contributed by atoms with Crippen LogP contribution in [0, 0.1) is 5.41 Å². The van der Waals surface area contributed by atoms with E-state index in [1.165, 1.54) is 0 Å².